The lowest BCUT2D eigenvalue weighted by Crippen LogP contribution is -2.64. The molecule has 1 amide bonds. The zero-order valence-corrected chi connectivity index (χ0v) is 36.5. The number of ether oxygens (including phenoxy) is 5. The average Bonchev–Trinajstić information content (AvgIpc) is 3.20. The number of Topliss-reactive ketones (excluding diaryl/α,β-unsaturated/α-hetero) is 2. The minimum Gasteiger partial charge on any atom is -0.456 e. The van der Waals surface area contributed by atoms with Gasteiger partial charge in [0.1, 0.15) is 24.0 Å². The molecule has 0 aromatic rings. The molecule has 57 heavy (non-hydrogen) atoms. The summed E-state index contributed by atoms with van der Waals surface area (Å²) in [5, 5.41) is 23.7. The zero-order valence-electron chi connectivity index (χ0n) is 35.7. The Morgan fingerprint density at radius 2 is 1.61 bits per heavy atom. The first-order chi connectivity index (χ1) is 27.0. The predicted molar refractivity (Wildman–Crippen MR) is 216 cm³/mol. The van der Waals surface area contributed by atoms with Gasteiger partial charge in [0.25, 0.3) is 11.7 Å². The highest BCUT2D eigenvalue weighted by Crippen LogP contribution is 2.40. The minimum atomic E-state index is -2.49. The fourth-order valence-corrected chi connectivity index (χ4v) is 9.84. The maximum atomic E-state index is 14.3. The Morgan fingerprint density at radius 1 is 0.947 bits per heavy atom. The molecule has 3 aliphatic heterocycles. The monoisotopic (exact) mass is 823 g/mol. The number of hydrogen-bond donors (Lipinski definition) is 2. The van der Waals surface area contributed by atoms with Gasteiger partial charge in [0.2, 0.25) is 5.79 Å². The molecule has 1 aliphatic carbocycles. The Morgan fingerprint density at radius 3 is 2.25 bits per heavy atom. The van der Waals surface area contributed by atoms with Gasteiger partial charge < -0.3 is 38.8 Å². The molecule has 3 heterocycles. The van der Waals surface area contributed by atoms with Gasteiger partial charge in [-0.2, -0.15) is 0 Å². The molecule has 0 radical (unpaired) electrons. The highest BCUT2D eigenvalue weighted by atomic mass is 35.5. The summed E-state index contributed by atoms with van der Waals surface area (Å²) in [4.78, 5) is 57.9. The Kier molecular flexibility index (Phi) is 17.8. The molecule has 1 saturated carbocycles. The van der Waals surface area contributed by atoms with E-state index in [9.17, 15) is 29.4 Å². The lowest BCUT2D eigenvalue weighted by molar-refractivity contribution is -0.302. The molecule has 4 rings (SSSR count). The van der Waals surface area contributed by atoms with E-state index in [2.05, 4.69) is 6.92 Å². The van der Waals surface area contributed by atoms with Gasteiger partial charge in [-0.15, -0.1) is 11.6 Å². The molecule has 2 saturated heterocycles. The summed E-state index contributed by atoms with van der Waals surface area (Å²) in [7, 11) is 4.74. The van der Waals surface area contributed by atoms with Crippen molar-refractivity contribution in [1.29, 1.82) is 0 Å². The van der Waals surface area contributed by atoms with E-state index in [1.54, 1.807) is 35.2 Å². The zero-order chi connectivity index (χ0) is 42.2. The van der Waals surface area contributed by atoms with Crippen LogP contribution in [-0.2, 0) is 42.9 Å². The van der Waals surface area contributed by atoms with Gasteiger partial charge in [-0.25, -0.2) is 4.79 Å². The van der Waals surface area contributed by atoms with E-state index in [0.717, 1.165) is 24.8 Å². The fraction of sp³-hybridized carbons (Fsp3) is 0.818. The van der Waals surface area contributed by atoms with Crippen LogP contribution in [0.5, 0.6) is 0 Å². The summed E-state index contributed by atoms with van der Waals surface area (Å²) in [6.07, 6.45) is 6.03. The molecule has 0 aromatic heterocycles. The molecular weight excluding hydrogens is 754 g/mol. The van der Waals surface area contributed by atoms with E-state index >= 15 is 0 Å². The summed E-state index contributed by atoms with van der Waals surface area (Å²) in [6, 6.07) is -1.12. The summed E-state index contributed by atoms with van der Waals surface area (Å²) in [5.41, 5.74) is 1.73. The maximum Gasteiger partial charge on any atom is 0.329 e. The van der Waals surface area contributed by atoms with Crippen LogP contribution in [-0.4, -0.2) is 120 Å². The normalized spacial score (nSPS) is 41.1. The van der Waals surface area contributed by atoms with Crippen molar-refractivity contribution in [3.8, 4) is 0 Å². The van der Waals surface area contributed by atoms with Crippen LogP contribution in [0.3, 0.4) is 0 Å². The Balaban J connectivity index is 1.78. The lowest BCUT2D eigenvalue weighted by Gasteiger charge is -2.47. The first-order valence-electron chi connectivity index (χ1n) is 21.3. The number of allylic oxidation sites excluding steroid dienone is 3. The highest BCUT2D eigenvalue weighted by molar-refractivity contribution is 6.39. The van der Waals surface area contributed by atoms with Crippen LogP contribution >= 0.6 is 11.6 Å². The van der Waals surface area contributed by atoms with Crippen molar-refractivity contribution < 1.29 is 53.1 Å². The smallest absolute Gasteiger partial charge is 0.329 e. The number of methoxy groups -OCH3 is 3. The van der Waals surface area contributed by atoms with Gasteiger partial charge in [0.15, 0.2) is 0 Å². The lowest BCUT2D eigenvalue weighted by atomic mass is 9.81. The third-order valence-corrected chi connectivity index (χ3v) is 13.8. The van der Waals surface area contributed by atoms with Crippen LogP contribution in [0, 0.1) is 29.6 Å². The number of aliphatic hydroxyl groups is 2. The molecule has 324 valence electrons. The number of cyclic esters (lactones) is 1. The third kappa shape index (κ3) is 11.3. The van der Waals surface area contributed by atoms with Crippen LogP contribution in [0.2, 0.25) is 0 Å². The second-order valence-electron chi connectivity index (χ2n) is 17.3. The molecule has 14 atom stereocenters. The van der Waals surface area contributed by atoms with Gasteiger partial charge in [-0.3, -0.25) is 14.4 Å². The van der Waals surface area contributed by atoms with Crippen molar-refractivity contribution in [1.82, 2.24) is 4.90 Å². The Labute approximate surface area is 345 Å². The van der Waals surface area contributed by atoms with Crippen molar-refractivity contribution in [2.75, 3.05) is 27.9 Å². The van der Waals surface area contributed by atoms with Crippen molar-refractivity contribution >= 4 is 35.0 Å². The second kappa shape index (κ2) is 21.4. The van der Waals surface area contributed by atoms with Crippen LogP contribution < -0.4 is 0 Å². The number of carbonyl (C=O) groups excluding carboxylic acids is 4. The van der Waals surface area contributed by atoms with E-state index in [-0.39, 0.29) is 54.9 Å². The topological polar surface area (TPSA) is 158 Å². The van der Waals surface area contributed by atoms with E-state index in [1.807, 2.05) is 32.9 Å². The first-order valence-corrected chi connectivity index (χ1v) is 21.7. The summed E-state index contributed by atoms with van der Waals surface area (Å²) in [6.45, 7) is 11.4. The molecule has 0 aromatic carbocycles. The number of aliphatic hydroxyl groups excluding tert-OH is 1. The average molecular weight is 824 g/mol. The van der Waals surface area contributed by atoms with Crippen molar-refractivity contribution in [2.24, 2.45) is 29.6 Å². The quantitative estimate of drug-likeness (QED) is 0.132. The number of piperidine rings is 1. The number of rotatable bonds is 7. The molecular formula is C44H70ClNO11. The van der Waals surface area contributed by atoms with Gasteiger partial charge >= 0.3 is 5.97 Å². The summed E-state index contributed by atoms with van der Waals surface area (Å²) < 4.78 is 30.0. The SMILES string of the molecule is CC[C@H]1C/C(C)=C/[C@@H](CC)C(=O)C[C@H](O)[C@@H](C)[C@@H](/C(C)=C/[C@@H]2CC[C@@H](Cl)[C@H](OC)C2)OC(=O)[C@@H]2CCCCN2C(=O)C(=O)[C@]2(O)O[C@H]([C@@H](OC)C1)[C@@H](OC)C[C@H]2C. The van der Waals surface area contributed by atoms with Crippen molar-refractivity contribution in [3.63, 3.8) is 0 Å². The third-order valence-electron chi connectivity index (χ3n) is 13.3. The molecule has 0 unspecified atom stereocenters. The largest absolute Gasteiger partial charge is 0.456 e. The number of halogens is 1. The van der Waals surface area contributed by atoms with E-state index in [0.29, 0.717) is 44.1 Å². The molecule has 13 heteroatoms. The maximum absolute atomic E-state index is 14.3. The number of hydrogen-bond acceptors (Lipinski definition) is 11. The molecule has 4 aliphatic rings. The number of amides is 1. The number of carbonyl (C=O) groups is 4. The first kappa shape index (κ1) is 47.5. The molecule has 3 fully saturated rings. The van der Waals surface area contributed by atoms with Crippen LogP contribution in [0.25, 0.3) is 0 Å². The van der Waals surface area contributed by atoms with Gasteiger partial charge in [0, 0.05) is 52.0 Å². The fourth-order valence-electron chi connectivity index (χ4n) is 9.51. The molecule has 2 bridgehead atoms. The van der Waals surface area contributed by atoms with E-state index < -0.39 is 77.8 Å². The Hall–Kier alpha value is -2.19. The number of alkyl halides is 1. The number of esters is 1. The van der Waals surface area contributed by atoms with E-state index in [1.165, 1.54) is 4.90 Å². The predicted octanol–water partition coefficient (Wildman–Crippen LogP) is 6.11. The van der Waals surface area contributed by atoms with Crippen LogP contribution in [0.15, 0.2) is 23.3 Å². The van der Waals surface area contributed by atoms with Crippen LogP contribution in [0.4, 0.5) is 0 Å². The number of fused-ring (bicyclic) bond motifs is 3. The summed E-state index contributed by atoms with van der Waals surface area (Å²) >= 11 is 6.53. The molecule has 12 nitrogen and oxygen atoms in total. The van der Waals surface area contributed by atoms with Crippen LogP contribution in [0.1, 0.15) is 119 Å². The molecule has 0 spiro atoms. The molecule has 2 N–H and O–H groups in total. The van der Waals surface area contributed by atoms with E-state index in [4.69, 9.17) is 35.3 Å². The van der Waals surface area contributed by atoms with Gasteiger partial charge in [-0.05, 0) is 95.5 Å². The highest BCUT2D eigenvalue weighted by Gasteiger charge is 2.56. The van der Waals surface area contributed by atoms with Crippen molar-refractivity contribution in [3.05, 3.63) is 23.3 Å². The Bertz CT molecular complexity index is 1450. The number of nitrogens with zero attached hydrogens (tertiary/aromatic N) is 1. The van der Waals surface area contributed by atoms with Crippen molar-refractivity contribution in [2.45, 2.75) is 172 Å². The second-order valence-corrected chi connectivity index (χ2v) is 17.8. The minimum absolute atomic E-state index is 0.0761. The standard InChI is InChI=1S/C44H70ClNO11/c1-10-29-18-25(3)19-31(11-2)35(48)24-34(47)28(6)39(26(4)20-30-15-16-32(45)36(23-30)53-7)56-43(51)33-14-12-13-17-46(33)42(50)41(49)44(52)27(5)21-37(54-8)40(57-44)38(22-29)55-9/h19-20,27-34,36-40,47,52H,10-18,21-24H2,1-9H3/b25-19+,26-20+/t27-,28-,29+,30+,31-,32-,33+,34+,36-,37+,38+,39-,40+,44-/m1/s1. The van der Waals surface area contributed by atoms with Gasteiger partial charge in [0.05, 0.1) is 29.8 Å². The number of ketones is 2. The summed E-state index contributed by atoms with van der Waals surface area (Å²) in [5.74, 6) is -7.25. The van der Waals surface area contributed by atoms with Gasteiger partial charge in [-0.1, -0.05) is 51.8 Å².